The largest absolute Gasteiger partial charge is 0.483 e. The third-order valence-corrected chi connectivity index (χ3v) is 5.13. The maximum absolute atomic E-state index is 12.0. The lowest BCUT2D eigenvalue weighted by Gasteiger charge is -2.12. The number of aromatic nitrogens is 1. The number of carbonyl (C=O) groups excluding carboxylic acids is 1. The van der Waals surface area contributed by atoms with Gasteiger partial charge in [0.1, 0.15) is 5.75 Å². The second kappa shape index (κ2) is 8.82. The molecule has 0 aliphatic carbocycles. The minimum Gasteiger partial charge on any atom is -0.483 e. The Morgan fingerprint density at radius 3 is 2.41 bits per heavy atom. The molecule has 0 fully saturated rings. The summed E-state index contributed by atoms with van der Waals surface area (Å²) in [7, 11) is 0. The molecule has 1 amide bonds. The van der Waals surface area contributed by atoms with Crippen molar-refractivity contribution in [3.05, 3.63) is 69.5 Å². The Kier molecular flexibility index (Phi) is 6.24. The molecule has 27 heavy (non-hydrogen) atoms. The molecule has 0 radical (unpaired) electrons. The number of nitrogens with one attached hydrogen (secondary N) is 1. The molecule has 3 aromatic rings. The predicted molar refractivity (Wildman–Crippen MR) is 110 cm³/mol. The van der Waals surface area contributed by atoms with Crippen molar-refractivity contribution in [1.82, 2.24) is 10.3 Å². The van der Waals surface area contributed by atoms with Crippen molar-refractivity contribution < 1.29 is 9.53 Å². The normalized spacial score (nSPS) is 10.6. The fourth-order valence-corrected chi connectivity index (χ4v) is 3.52. The van der Waals surface area contributed by atoms with Crippen LogP contribution in [0.4, 0.5) is 0 Å². The number of benzene rings is 2. The van der Waals surface area contributed by atoms with Gasteiger partial charge in [-0.2, -0.15) is 0 Å². The summed E-state index contributed by atoms with van der Waals surface area (Å²) in [5.74, 6) is 0.688. The monoisotopic (exact) mass is 380 g/mol. The minimum absolute atomic E-state index is 0.0355. The molecule has 140 valence electrons. The van der Waals surface area contributed by atoms with E-state index in [1.54, 1.807) is 11.3 Å². The number of ether oxygens (including phenoxy) is 1. The molecule has 0 bridgehead atoms. The first-order chi connectivity index (χ1) is 13.0. The third kappa shape index (κ3) is 5.17. The first-order valence-electron chi connectivity index (χ1n) is 9.00. The Bertz CT molecular complexity index is 896. The van der Waals surface area contributed by atoms with Gasteiger partial charge in [0.05, 0.1) is 10.7 Å². The van der Waals surface area contributed by atoms with Crippen molar-refractivity contribution in [1.29, 1.82) is 0 Å². The summed E-state index contributed by atoms with van der Waals surface area (Å²) in [6.45, 7) is 6.60. The maximum atomic E-state index is 12.0. The maximum Gasteiger partial charge on any atom is 0.257 e. The molecule has 0 saturated carbocycles. The standard InChI is InChI=1S/C22H24N2O2S/c1-15-5-4-6-16(2)22(15)26-13-21(25)23-12-11-18-7-9-19(10-8-18)20-14-27-17(3)24-20/h4-10,14H,11-13H2,1-3H3,(H,23,25). The zero-order valence-electron chi connectivity index (χ0n) is 15.9. The number of rotatable bonds is 7. The van der Waals surface area contributed by atoms with Crippen LogP contribution < -0.4 is 10.1 Å². The Morgan fingerprint density at radius 1 is 1.07 bits per heavy atom. The summed E-state index contributed by atoms with van der Waals surface area (Å²) in [5, 5.41) is 6.05. The highest BCUT2D eigenvalue weighted by Gasteiger charge is 2.07. The van der Waals surface area contributed by atoms with Gasteiger partial charge in [-0.15, -0.1) is 11.3 Å². The first kappa shape index (κ1) is 19.1. The summed E-state index contributed by atoms with van der Waals surface area (Å²) in [6.07, 6.45) is 0.783. The van der Waals surface area contributed by atoms with Crippen LogP contribution in [0.1, 0.15) is 21.7 Å². The van der Waals surface area contributed by atoms with Crippen LogP contribution in [0.15, 0.2) is 47.8 Å². The number of para-hydroxylation sites is 1. The van der Waals surface area contributed by atoms with Gasteiger partial charge < -0.3 is 10.1 Å². The van der Waals surface area contributed by atoms with E-state index in [0.29, 0.717) is 6.54 Å². The van der Waals surface area contributed by atoms with Crippen LogP contribution in [0.2, 0.25) is 0 Å². The molecule has 4 nitrogen and oxygen atoms in total. The fraction of sp³-hybridized carbons (Fsp3) is 0.273. The van der Waals surface area contributed by atoms with Crippen molar-refractivity contribution >= 4 is 17.2 Å². The van der Waals surface area contributed by atoms with Crippen molar-refractivity contribution in [2.24, 2.45) is 0 Å². The molecule has 0 unspecified atom stereocenters. The molecule has 3 rings (SSSR count). The second-order valence-electron chi connectivity index (χ2n) is 6.56. The topological polar surface area (TPSA) is 51.2 Å². The van der Waals surface area contributed by atoms with E-state index in [4.69, 9.17) is 4.74 Å². The van der Waals surface area contributed by atoms with E-state index in [0.717, 1.165) is 39.6 Å². The first-order valence-corrected chi connectivity index (χ1v) is 9.88. The SMILES string of the molecule is Cc1nc(-c2ccc(CCNC(=O)COc3c(C)cccc3C)cc2)cs1. The van der Waals surface area contributed by atoms with Gasteiger partial charge in [-0.05, 0) is 43.9 Å². The van der Waals surface area contributed by atoms with Gasteiger partial charge in [-0.3, -0.25) is 4.79 Å². The summed E-state index contributed by atoms with van der Waals surface area (Å²) in [6, 6.07) is 14.3. The second-order valence-corrected chi connectivity index (χ2v) is 7.62. The number of hydrogen-bond acceptors (Lipinski definition) is 4. The molecule has 2 aromatic carbocycles. The highest BCUT2D eigenvalue weighted by Crippen LogP contribution is 2.23. The molecule has 1 aromatic heterocycles. The average molecular weight is 381 g/mol. The van der Waals surface area contributed by atoms with Gasteiger partial charge in [-0.1, -0.05) is 42.5 Å². The van der Waals surface area contributed by atoms with Crippen LogP contribution in [-0.4, -0.2) is 24.0 Å². The van der Waals surface area contributed by atoms with Gasteiger partial charge in [0.15, 0.2) is 6.61 Å². The smallest absolute Gasteiger partial charge is 0.257 e. The number of thiazole rings is 1. The Hall–Kier alpha value is -2.66. The van der Waals surface area contributed by atoms with Crippen molar-refractivity contribution in [2.75, 3.05) is 13.2 Å². The predicted octanol–water partition coefficient (Wildman–Crippen LogP) is 4.47. The third-order valence-electron chi connectivity index (χ3n) is 4.36. The van der Waals surface area contributed by atoms with Gasteiger partial charge in [0, 0.05) is 17.5 Å². The lowest BCUT2D eigenvalue weighted by molar-refractivity contribution is -0.123. The van der Waals surface area contributed by atoms with E-state index in [1.807, 2.05) is 39.0 Å². The highest BCUT2D eigenvalue weighted by molar-refractivity contribution is 7.09. The van der Waals surface area contributed by atoms with E-state index in [-0.39, 0.29) is 12.5 Å². The number of carbonyl (C=O) groups is 1. The molecule has 0 aliphatic rings. The summed E-state index contributed by atoms with van der Waals surface area (Å²) in [5.41, 5.74) is 5.40. The van der Waals surface area contributed by atoms with E-state index in [9.17, 15) is 4.79 Å². The minimum atomic E-state index is -0.104. The van der Waals surface area contributed by atoms with Crippen LogP contribution in [0.3, 0.4) is 0 Å². The molecular formula is C22H24N2O2S. The van der Waals surface area contributed by atoms with Crippen LogP contribution >= 0.6 is 11.3 Å². The van der Waals surface area contributed by atoms with Crippen molar-refractivity contribution in [3.8, 4) is 17.0 Å². The number of hydrogen-bond donors (Lipinski definition) is 1. The van der Waals surface area contributed by atoms with Gasteiger partial charge >= 0.3 is 0 Å². The summed E-state index contributed by atoms with van der Waals surface area (Å²) < 4.78 is 5.68. The zero-order valence-corrected chi connectivity index (χ0v) is 16.7. The zero-order chi connectivity index (χ0) is 19.2. The molecule has 0 aliphatic heterocycles. The van der Waals surface area contributed by atoms with Crippen LogP contribution in [-0.2, 0) is 11.2 Å². The molecular weight excluding hydrogens is 356 g/mol. The number of aryl methyl sites for hydroxylation is 3. The van der Waals surface area contributed by atoms with Gasteiger partial charge in [0.2, 0.25) is 0 Å². The molecule has 5 heteroatoms. The van der Waals surface area contributed by atoms with Crippen LogP contribution in [0.25, 0.3) is 11.3 Å². The van der Waals surface area contributed by atoms with Crippen molar-refractivity contribution in [2.45, 2.75) is 27.2 Å². The van der Waals surface area contributed by atoms with Gasteiger partial charge in [0.25, 0.3) is 5.91 Å². The van der Waals surface area contributed by atoms with E-state index in [2.05, 4.69) is 39.9 Å². The molecule has 0 atom stereocenters. The summed E-state index contributed by atoms with van der Waals surface area (Å²) >= 11 is 1.65. The molecule has 0 saturated heterocycles. The number of amides is 1. The van der Waals surface area contributed by atoms with Crippen LogP contribution in [0.5, 0.6) is 5.75 Å². The molecule has 0 spiro atoms. The summed E-state index contributed by atoms with van der Waals surface area (Å²) in [4.78, 5) is 16.5. The van der Waals surface area contributed by atoms with E-state index in [1.165, 1.54) is 5.56 Å². The Morgan fingerprint density at radius 2 is 1.78 bits per heavy atom. The lowest BCUT2D eigenvalue weighted by Crippen LogP contribution is -2.30. The Balaban J connectivity index is 1.44. The number of nitrogens with zero attached hydrogens (tertiary/aromatic N) is 1. The van der Waals surface area contributed by atoms with Crippen LogP contribution in [0, 0.1) is 20.8 Å². The van der Waals surface area contributed by atoms with Crippen molar-refractivity contribution in [3.63, 3.8) is 0 Å². The quantitative estimate of drug-likeness (QED) is 0.658. The molecule has 1 heterocycles. The molecule has 1 N–H and O–H groups in total. The average Bonchev–Trinajstić information content (AvgIpc) is 3.08. The van der Waals surface area contributed by atoms with Gasteiger partial charge in [-0.25, -0.2) is 4.98 Å². The lowest BCUT2D eigenvalue weighted by atomic mass is 10.1. The Labute approximate surface area is 164 Å². The van der Waals surface area contributed by atoms with E-state index < -0.39 is 0 Å². The van der Waals surface area contributed by atoms with E-state index >= 15 is 0 Å². The fourth-order valence-electron chi connectivity index (χ4n) is 2.90. The highest BCUT2D eigenvalue weighted by atomic mass is 32.1.